The van der Waals surface area contributed by atoms with Crippen molar-refractivity contribution in [1.82, 2.24) is 0 Å². The highest BCUT2D eigenvalue weighted by Crippen LogP contribution is 2.48. The fourth-order valence-electron chi connectivity index (χ4n) is 2.58. The molecule has 92 valence electrons. The second kappa shape index (κ2) is 3.95. The quantitative estimate of drug-likeness (QED) is 0.820. The highest BCUT2D eigenvalue weighted by Gasteiger charge is 2.29. The number of phenolic OH excluding ortho intramolecular Hbond substituents is 1. The molecular weight excluding hydrogens is 228 g/mol. The Morgan fingerprint density at radius 1 is 1.44 bits per heavy atom. The Morgan fingerprint density at radius 2 is 2.28 bits per heavy atom. The van der Waals surface area contributed by atoms with Crippen LogP contribution in [0.15, 0.2) is 41.5 Å². The number of ether oxygens (including phenoxy) is 1. The minimum atomic E-state index is 0.162. The lowest BCUT2D eigenvalue weighted by atomic mass is 9.82. The number of phenols is 1. The van der Waals surface area contributed by atoms with Crippen molar-refractivity contribution in [2.24, 2.45) is 0 Å². The van der Waals surface area contributed by atoms with Crippen LogP contribution in [0.2, 0.25) is 0 Å². The lowest BCUT2D eigenvalue weighted by Gasteiger charge is -2.23. The number of benzene rings is 1. The Morgan fingerprint density at radius 3 is 3.00 bits per heavy atom. The van der Waals surface area contributed by atoms with Crippen LogP contribution in [0.25, 0.3) is 11.1 Å². The molecule has 0 radical (unpaired) electrons. The number of aromatic hydroxyl groups is 1. The third-order valence-electron chi connectivity index (χ3n) is 3.47. The molecule has 3 rings (SSSR count). The first kappa shape index (κ1) is 11.0. The van der Waals surface area contributed by atoms with Gasteiger partial charge in [0.1, 0.15) is 5.76 Å². The Bertz CT molecular complexity index is 610. The molecule has 1 aliphatic rings. The maximum absolute atomic E-state index is 10.3. The maximum Gasteiger partial charge on any atom is 0.166 e. The normalized spacial score (nSPS) is 16.8. The van der Waals surface area contributed by atoms with Gasteiger partial charge in [0.25, 0.3) is 0 Å². The third kappa shape index (κ3) is 1.37. The average molecular weight is 242 g/mol. The van der Waals surface area contributed by atoms with E-state index < -0.39 is 0 Å². The minimum Gasteiger partial charge on any atom is -0.504 e. The molecule has 1 aromatic heterocycles. The van der Waals surface area contributed by atoms with E-state index in [0.29, 0.717) is 5.75 Å². The van der Waals surface area contributed by atoms with Crippen molar-refractivity contribution in [3.8, 4) is 22.6 Å². The van der Waals surface area contributed by atoms with E-state index in [2.05, 4.69) is 6.58 Å². The van der Waals surface area contributed by atoms with Gasteiger partial charge in [0.15, 0.2) is 11.5 Å². The molecule has 0 unspecified atom stereocenters. The van der Waals surface area contributed by atoms with Crippen LogP contribution in [0.4, 0.5) is 0 Å². The highest BCUT2D eigenvalue weighted by molar-refractivity contribution is 5.80. The number of methoxy groups -OCH3 is 1. The summed E-state index contributed by atoms with van der Waals surface area (Å²) in [6.07, 6.45) is 4.32. The number of furan rings is 1. The second-order valence-corrected chi connectivity index (χ2v) is 4.40. The van der Waals surface area contributed by atoms with Crippen LogP contribution in [-0.4, -0.2) is 12.2 Å². The van der Waals surface area contributed by atoms with Crippen LogP contribution in [0.3, 0.4) is 0 Å². The van der Waals surface area contributed by atoms with Gasteiger partial charge in [-0.3, -0.25) is 0 Å². The van der Waals surface area contributed by atoms with Gasteiger partial charge < -0.3 is 14.3 Å². The van der Waals surface area contributed by atoms with Crippen LogP contribution >= 0.6 is 0 Å². The number of allylic oxidation sites excluding steroid dienone is 1. The zero-order valence-electron chi connectivity index (χ0n) is 10.1. The average Bonchev–Trinajstić information content (AvgIpc) is 2.87. The Kier molecular flexibility index (Phi) is 2.40. The smallest absolute Gasteiger partial charge is 0.166 e. The number of fused-ring (bicyclic) bond motifs is 3. The highest BCUT2D eigenvalue weighted by atomic mass is 16.5. The molecular formula is C15H14O3. The summed E-state index contributed by atoms with van der Waals surface area (Å²) in [6, 6.07) is 5.66. The first-order valence-corrected chi connectivity index (χ1v) is 5.85. The van der Waals surface area contributed by atoms with Crippen molar-refractivity contribution in [2.45, 2.75) is 12.3 Å². The van der Waals surface area contributed by atoms with E-state index >= 15 is 0 Å². The Labute approximate surface area is 105 Å². The fraction of sp³-hybridized carbons (Fsp3) is 0.200. The molecule has 1 heterocycles. The van der Waals surface area contributed by atoms with E-state index in [1.807, 2.05) is 18.2 Å². The zero-order valence-corrected chi connectivity index (χ0v) is 10.1. The number of rotatable bonds is 2. The Hall–Kier alpha value is -2.16. The molecule has 0 saturated heterocycles. The summed E-state index contributed by atoms with van der Waals surface area (Å²) in [5.74, 6) is 1.69. The first-order chi connectivity index (χ1) is 8.76. The summed E-state index contributed by atoms with van der Waals surface area (Å²) < 4.78 is 10.7. The van der Waals surface area contributed by atoms with Crippen molar-refractivity contribution < 1.29 is 14.3 Å². The van der Waals surface area contributed by atoms with Crippen molar-refractivity contribution >= 4 is 0 Å². The summed E-state index contributed by atoms with van der Waals surface area (Å²) in [4.78, 5) is 0. The number of hydrogen-bond acceptors (Lipinski definition) is 3. The van der Waals surface area contributed by atoms with Crippen molar-refractivity contribution in [1.29, 1.82) is 0 Å². The van der Waals surface area contributed by atoms with Crippen molar-refractivity contribution in [3.05, 3.63) is 48.4 Å². The van der Waals surface area contributed by atoms with E-state index in [4.69, 9.17) is 9.15 Å². The molecule has 1 aromatic carbocycles. The van der Waals surface area contributed by atoms with E-state index in [0.717, 1.165) is 28.9 Å². The van der Waals surface area contributed by atoms with Gasteiger partial charge in [-0.2, -0.15) is 0 Å². The summed E-state index contributed by atoms with van der Waals surface area (Å²) in [7, 11) is 1.55. The van der Waals surface area contributed by atoms with E-state index in [-0.39, 0.29) is 11.7 Å². The molecule has 2 aromatic rings. The van der Waals surface area contributed by atoms with Crippen LogP contribution in [-0.2, 0) is 6.42 Å². The molecule has 0 spiro atoms. The predicted octanol–water partition coefficient (Wildman–Crippen LogP) is 3.49. The lowest BCUT2D eigenvalue weighted by molar-refractivity contribution is 0.373. The van der Waals surface area contributed by atoms with Crippen LogP contribution < -0.4 is 4.74 Å². The summed E-state index contributed by atoms with van der Waals surface area (Å²) in [5, 5.41) is 10.3. The van der Waals surface area contributed by atoms with Crippen molar-refractivity contribution in [3.63, 3.8) is 0 Å². The van der Waals surface area contributed by atoms with Gasteiger partial charge in [-0.05, 0) is 24.1 Å². The fourth-order valence-corrected chi connectivity index (χ4v) is 2.58. The van der Waals surface area contributed by atoms with Gasteiger partial charge in [0, 0.05) is 17.0 Å². The standard InChI is InChI=1S/C15H14O3/c1-3-9-8-10-4-5-12(17-2)14(16)13(10)11-6-7-18-15(9)11/h3-7,9,16H,1,8H2,2H3/t9-/m1/s1. The van der Waals surface area contributed by atoms with Crippen molar-refractivity contribution in [2.75, 3.05) is 7.11 Å². The van der Waals surface area contributed by atoms with E-state index in [1.165, 1.54) is 0 Å². The minimum absolute atomic E-state index is 0.162. The SMILES string of the molecule is C=C[C@@H]1Cc2ccc(OC)c(O)c2-c2ccoc21. The first-order valence-electron chi connectivity index (χ1n) is 5.85. The van der Waals surface area contributed by atoms with Gasteiger partial charge in [0.2, 0.25) is 0 Å². The molecule has 0 amide bonds. The second-order valence-electron chi connectivity index (χ2n) is 4.40. The van der Waals surface area contributed by atoms with Crippen LogP contribution in [0, 0.1) is 0 Å². The monoisotopic (exact) mass is 242 g/mol. The van der Waals surface area contributed by atoms with E-state index in [9.17, 15) is 5.11 Å². The molecule has 1 atom stereocenters. The molecule has 0 bridgehead atoms. The van der Waals surface area contributed by atoms with Gasteiger partial charge in [-0.1, -0.05) is 12.1 Å². The summed E-state index contributed by atoms with van der Waals surface area (Å²) >= 11 is 0. The Balaban J connectivity index is 2.27. The number of hydrogen-bond donors (Lipinski definition) is 1. The summed E-state index contributed by atoms with van der Waals surface area (Å²) in [6.45, 7) is 3.84. The summed E-state index contributed by atoms with van der Waals surface area (Å²) in [5.41, 5.74) is 2.83. The lowest BCUT2D eigenvalue weighted by Crippen LogP contribution is -2.08. The zero-order chi connectivity index (χ0) is 12.7. The van der Waals surface area contributed by atoms with Crippen LogP contribution in [0.1, 0.15) is 17.2 Å². The molecule has 0 fully saturated rings. The molecule has 1 N–H and O–H groups in total. The molecule has 0 saturated carbocycles. The topological polar surface area (TPSA) is 42.6 Å². The maximum atomic E-state index is 10.3. The molecule has 3 nitrogen and oxygen atoms in total. The van der Waals surface area contributed by atoms with Gasteiger partial charge >= 0.3 is 0 Å². The van der Waals surface area contributed by atoms with Gasteiger partial charge in [0.05, 0.1) is 13.4 Å². The van der Waals surface area contributed by atoms with Gasteiger partial charge in [-0.25, -0.2) is 0 Å². The molecule has 0 aliphatic heterocycles. The van der Waals surface area contributed by atoms with E-state index in [1.54, 1.807) is 19.4 Å². The van der Waals surface area contributed by atoms with Crippen LogP contribution in [0.5, 0.6) is 11.5 Å². The third-order valence-corrected chi connectivity index (χ3v) is 3.47. The largest absolute Gasteiger partial charge is 0.504 e. The molecule has 1 aliphatic carbocycles. The molecule has 3 heteroatoms. The predicted molar refractivity (Wildman–Crippen MR) is 69.0 cm³/mol. The molecule has 18 heavy (non-hydrogen) atoms. The van der Waals surface area contributed by atoms with Gasteiger partial charge in [-0.15, -0.1) is 6.58 Å².